The SMILES string of the molecule is CCCC(CC)C(C(=O)OC)c1ccccc1. The number of ether oxygens (including phenoxy) is 1. The van der Waals surface area contributed by atoms with Crippen LogP contribution >= 0.6 is 0 Å². The first-order valence-electron chi connectivity index (χ1n) is 6.37. The van der Waals surface area contributed by atoms with Gasteiger partial charge in [0.15, 0.2) is 0 Å². The molecule has 1 aromatic carbocycles. The molecule has 94 valence electrons. The summed E-state index contributed by atoms with van der Waals surface area (Å²) in [5.74, 6) is 0.137. The zero-order valence-electron chi connectivity index (χ0n) is 11.0. The molecular formula is C15H22O2. The van der Waals surface area contributed by atoms with Crippen LogP contribution in [0.15, 0.2) is 30.3 Å². The van der Waals surface area contributed by atoms with Gasteiger partial charge >= 0.3 is 5.97 Å². The lowest BCUT2D eigenvalue weighted by atomic mass is 9.81. The Morgan fingerprint density at radius 3 is 2.35 bits per heavy atom. The highest BCUT2D eigenvalue weighted by molar-refractivity contribution is 5.78. The molecule has 0 aliphatic heterocycles. The van der Waals surface area contributed by atoms with Gasteiger partial charge in [-0.3, -0.25) is 4.79 Å². The Hall–Kier alpha value is -1.31. The highest BCUT2D eigenvalue weighted by Gasteiger charge is 2.28. The molecule has 0 saturated heterocycles. The Balaban J connectivity index is 2.98. The number of benzene rings is 1. The molecule has 2 heteroatoms. The molecule has 0 aliphatic carbocycles. The molecule has 0 spiro atoms. The number of esters is 1. The number of carbonyl (C=O) groups is 1. The van der Waals surface area contributed by atoms with Crippen molar-refractivity contribution in [3.63, 3.8) is 0 Å². The summed E-state index contributed by atoms with van der Waals surface area (Å²) in [5.41, 5.74) is 1.07. The molecule has 0 saturated carbocycles. The lowest BCUT2D eigenvalue weighted by Gasteiger charge is -2.24. The minimum absolute atomic E-state index is 0.114. The van der Waals surface area contributed by atoms with Crippen LogP contribution in [0.4, 0.5) is 0 Å². The fourth-order valence-corrected chi connectivity index (χ4v) is 2.37. The lowest BCUT2D eigenvalue weighted by Crippen LogP contribution is -2.22. The zero-order valence-corrected chi connectivity index (χ0v) is 11.0. The maximum absolute atomic E-state index is 12.0. The largest absolute Gasteiger partial charge is 0.469 e. The molecule has 0 N–H and O–H groups in total. The van der Waals surface area contributed by atoms with Crippen molar-refractivity contribution in [3.05, 3.63) is 35.9 Å². The van der Waals surface area contributed by atoms with Gasteiger partial charge in [0.1, 0.15) is 0 Å². The van der Waals surface area contributed by atoms with Crippen LogP contribution in [-0.4, -0.2) is 13.1 Å². The number of hydrogen-bond acceptors (Lipinski definition) is 2. The fraction of sp³-hybridized carbons (Fsp3) is 0.533. The number of rotatable bonds is 6. The van der Waals surface area contributed by atoms with Gasteiger partial charge in [-0.15, -0.1) is 0 Å². The third kappa shape index (κ3) is 3.58. The van der Waals surface area contributed by atoms with Crippen LogP contribution in [0.25, 0.3) is 0 Å². The minimum atomic E-state index is -0.119. The summed E-state index contributed by atoms with van der Waals surface area (Å²) in [6.07, 6.45) is 3.16. The van der Waals surface area contributed by atoms with E-state index in [0.29, 0.717) is 5.92 Å². The van der Waals surface area contributed by atoms with Crippen LogP contribution in [0.3, 0.4) is 0 Å². The minimum Gasteiger partial charge on any atom is -0.469 e. The molecule has 2 nitrogen and oxygen atoms in total. The Morgan fingerprint density at radius 2 is 1.88 bits per heavy atom. The summed E-state index contributed by atoms with van der Waals surface area (Å²) < 4.78 is 4.96. The van der Waals surface area contributed by atoms with Gasteiger partial charge in [0.25, 0.3) is 0 Å². The van der Waals surface area contributed by atoms with Gasteiger partial charge < -0.3 is 4.74 Å². The smallest absolute Gasteiger partial charge is 0.313 e. The van der Waals surface area contributed by atoms with E-state index in [1.165, 1.54) is 7.11 Å². The Bertz CT molecular complexity index is 332. The predicted octanol–water partition coefficient (Wildman–Crippen LogP) is 3.77. The summed E-state index contributed by atoms with van der Waals surface area (Å²) >= 11 is 0. The Morgan fingerprint density at radius 1 is 1.24 bits per heavy atom. The van der Waals surface area contributed by atoms with Crippen molar-refractivity contribution >= 4 is 5.97 Å². The van der Waals surface area contributed by atoms with E-state index in [0.717, 1.165) is 24.8 Å². The lowest BCUT2D eigenvalue weighted by molar-refractivity contribution is -0.144. The molecule has 0 aromatic heterocycles. The zero-order chi connectivity index (χ0) is 12.7. The number of hydrogen-bond donors (Lipinski definition) is 0. The van der Waals surface area contributed by atoms with Crippen molar-refractivity contribution in [1.29, 1.82) is 0 Å². The first-order valence-corrected chi connectivity index (χ1v) is 6.37. The second kappa shape index (κ2) is 7.10. The molecule has 17 heavy (non-hydrogen) atoms. The summed E-state index contributed by atoms with van der Waals surface area (Å²) in [5, 5.41) is 0. The van der Waals surface area contributed by atoms with E-state index >= 15 is 0 Å². The van der Waals surface area contributed by atoms with Crippen LogP contribution < -0.4 is 0 Å². The van der Waals surface area contributed by atoms with Gasteiger partial charge in [-0.1, -0.05) is 57.0 Å². The first-order chi connectivity index (χ1) is 8.24. The Labute approximate surface area is 104 Å². The van der Waals surface area contributed by atoms with Crippen LogP contribution in [0.1, 0.15) is 44.6 Å². The monoisotopic (exact) mass is 234 g/mol. The van der Waals surface area contributed by atoms with E-state index in [9.17, 15) is 4.79 Å². The van der Waals surface area contributed by atoms with Crippen molar-refractivity contribution in [2.75, 3.05) is 7.11 Å². The quantitative estimate of drug-likeness (QED) is 0.700. The van der Waals surface area contributed by atoms with Gasteiger partial charge in [0, 0.05) is 0 Å². The molecule has 0 aliphatic rings. The molecule has 0 fully saturated rings. The van der Waals surface area contributed by atoms with Gasteiger partial charge in [0.05, 0.1) is 13.0 Å². The third-order valence-electron chi connectivity index (χ3n) is 3.27. The summed E-state index contributed by atoms with van der Waals surface area (Å²) in [7, 11) is 1.47. The van der Waals surface area contributed by atoms with E-state index in [4.69, 9.17) is 4.74 Å². The van der Waals surface area contributed by atoms with Crippen LogP contribution in [0, 0.1) is 5.92 Å². The van der Waals surface area contributed by atoms with E-state index in [1.807, 2.05) is 30.3 Å². The summed E-state index contributed by atoms with van der Waals surface area (Å²) in [6, 6.07) is 9.95. The fourth-order valence-electron chi connectivity index (χ4n) is 2.37. The topological polar surface area (TPSA) is 26.3 Å². The predicted molar refractivity (Wildman–Crippen MR) is 69.9 cm³/mol. The maximum Gasteiger partial charge on any atom is 0.313 e. The first kappa shape index (κ1) is 13.8. The molecule has 0 radical (unpaired) electrons. The number of carbonyl (C=O) groups excluding carboxylic acids is 1. The highest BCUT2D eigenvalue weighted by Crippen LogP contribution is 2.31. The summed E-state index contributed by atoms with van der Waals surface area (Å²) in [6.45, 7) is 4.29. The van der Waals surface area contributed by atoms with Crippen LogP contribution in [0.5, 0.6) is 0 Å². The highest BCUT2D eigenvalue weighted by atomic mass is 16.5. The molecule has 2 atom stereocenters. The van der Waals surface area contributed by atoms with Crippen LogP contribution in [-0.2, 0) is 9.53 Å². The van der Waals surface area contributed by atoms with Crippen molar-refractivity contribution in [2.45, 2.75) is 39.0 Å². The van der Waals surface area contributed by atoms with Crippen molar-refractivity contribution < 1.29 is 9.53 Å². The van der Waals surface area contributed by atoms with Crippen molar-refractivity contribution in [3.8, 4) is 0 Å². The number of methoxy groups -OCH3 is 1. The molecule has 1 aromatic rings. The van der Waals surface area contributed by atoms with Crippen molar-refractivity contribution in [1.82, 2.24) is 0 Å². The van der Waals surface area contributed by atoms with Gasteiger partial charge in [0.2, 0.25) is 0 Å². The molecule has 1 rings (SSSR count). The normalized spacial score (nSPS) is 14.1. The standard InChI is InChI=1S/C15H22O2/c1-4-9-12(5-2)14(15(16)17-3)13-10-7-6-8-11-13/h6-8,10-12,14H,4-5,9H2,1-3H3. The van der Waals surface area contributed by atoms with Gasteiger partial charge in [-0.2, -0.15) is 0 Å². The third-order valence-corrected chi connectivity index (χ3v) is 3.27. The van der Waals surface area contributed by atoms with E-state index in [1.54, 1.807) is 0 Å². The maximum atomic E-state index is 12.0. The average molecular weight is 234 g/mol. The van der Waals surface area contributed by atoms with Gasteiger partial charge in [-0.05, 0) is 17.9 Å². The summed E-state index contributed by atoms with van der Waals surface area (Å²) in [4.78, 5) is 12.0. The average Bonchev–Trinajstić information content (AvgIpc) is 2.39. The molecule has 2 unspecified atom stereocenters. The molecule has 0 bridgehead atoms. The van der Waals surface area contributed by atoms with Gasteiger partial charge in [-0.25, -0.2) is 0 Å². The Kier molecular flexibility index (Phi) is 5.75. The van der Waals surface area contributed by atoms with E-state index in [2.05, 4.69) is 13.8 Å². The second-order valence-corrected chi connectivity index (χ2v) is 4.37. The van der Waals surface area contributed by atoms with E-state index in [-0.39, 0.29) is 11.9 Å². The van der Waals surface area contributed by atoms with Crippen LogP contribution in [0.2, 0.25) is 0 Å². The van der Waals surface area contributed by atoms with E-state index < -0.39 is 0 Å². The van der Waals surface area contributed by atoms with Crippen molar-refractivity contribution in [2.24, 2.45) is 5.92 Å². The molecule has 0 heterocycles. The second-order valence-electron chi connectivity index (χ2n) is 4.37. The molecule has 0 amide bonds. The molecular weight excluding hydrogens is 212 g/mol.